The summed E-state index contributed by atoms with van der Waals surface area (Å²) in [6.07, 6.45) is 0. The Morgan fingerprint density at radius 2 is 1.68 bits per heavy atom. The van der Waals surface area contributed by atoms with Crippen LogP contribution in [0.4, 0.5) is 11.4 Å². The van der Waals surface area contributed by atoms with Crippen LogP contribution in [0, 0.1) is 18.3 Å². The standard InChI is InChI=1S/C23H21N3O2/c1-16-7-3-5-9-21(16)26-23(27)17(2)25-19-11-13-20(14-12-19)28-22-10-6-4-8-18(22)15-24/h3-14,17,25H,1-2H3,(H,26,27). The number of para-hydroxylation sites is 2. The molecule has 0 bridgehead atoms. The van der Waals surface area contributed by atoms with Gasteiger partial charge in [0, 0.05) is 11.4 Å². The molecule has 2 N–H and O–H groups in total. The number of anilines is 2. The second-order valence-electron chi connectivity index (χ2n) is 6.40. The van der Waals surface area contributed by atoms with Gasteiger partial charge in [0.1, 0.15) is 23.6 Å². The highest BCUT2D eigenvalue weighted by Gasteiger charge is 2.13. The molecule has 28 heavy (non-hydrogen) atoms. The summed E-state index contributed by atoms with van der Waals surface area (Å²) in [6, 6.07) is 23.7. The third-order valence-electron chi connectivity index (χ3n) is 4.27. The lowest BCUT2D eigenvalue weighted by atomic mass is 10.2. The van der Waals surface area contributed by atoms with Crippen LogP contribution in [0.15, 0.2) is 72.8 Å². The SMILES string of the molecule is Cc1ccccc1NC(=O)C(C)Nc1ccc(Oc2ccccc2C#N)cc1. The van der Waals surface area contributed by atoms with Crippen molar-refractivity contribution in [3.63, 3.8) is 0 Å². The Morgan fingerprint density at radius 3 is 2.39 bits per heavy atom. The van der Waals surface area contributed by atoms with Gasteiger partial charge in [0.15, 0.2) is 0 Å². The maximum absolute atomic E-state index is 12.4. The van der Waals surface area contributed by atoms with Crippen molar-refractivity contribution in [2.45, 2.75) is 19.9 Å². The van der Waals surface area contributed by atoms with Gasteiger partial charge in [0.2, 0.25) is 5.91 Å². The zero-order valence-corrected chi connectivity index (χ0v) is 15.8. The normalized spacial score (nSPS) is 11.2. The number of nitriles is 1. The highest BCUT2D eigenvalue weighted by molar-refractivity contribution is 5.96. The van der Waals surface area contributed by atoms with E-state index in [9.17, 15) is 4.79 Å². The number of aryl methyl sites for hydroxylation is 1. The molecule has 0 aliphatic heterocycles. The number of nitrogens with zero attached hydrogens (tertiary/aromatic N) is 1. The molecule has 0 radical (unpaired) electrons. The molecule has 0 saturated carbocycles. The molecule has 5 heteroatoms. The van der Waals surface area contributed by atoms with Crippen molar-refractivity contribution >= 4 is 17.3 Å². The molecule has 3 aromatic carbocycles. The highest BCUT2D eigenvalue weighted by Crippen LogP contribution is 2.26. The first-order valence-corrected chi connectivity index (χ1v) is 8.97. The number of ether oxygens (including phenoxy) is 1. The topological polar surface area (TPSA) is 74.2 Å². The molecular weight excluding hydrogens is 350 g/mol. The summed E-state index contributed by atoms with van der Waals surface area (Å²) in [5.41, 5.74) is 3.10. The first-order chi connectivity index (χ1) is 13.6. The maximum Gasteiger partial charge on any atom is 0.246 e. The quantitative estimate of drug-likeness (QED) is 0.632. The zero-order valence-electron chi connectivity index (χ0n) is 15.8. The molecule has 0 aliphatic rings. The van der Waals surface area contributed by atoms with Gasteiger partial charge in [-0.25, -0.2) is 0 Å². The lowest BCUT2D eigenvalue weighted by molar-refractivity contribution is -0.116. The van der Waals surface area contributed by atoms with E-state index in [4.69, 9.17) is 10.00 Å². The zero-order chi connectivity index (χ0) is 19.9. The van der Waals surface area contributed by atoms with Gasteiger partial charge in [-0.15, -0.1) is 0 Å². The molecule has 0 aromatic heterocycles. The fourth-order valence-electron chi connectivity index (χ4n) is 2.66. The van der Waals surface area contributed by atoms with Crippen LogP contribution in [0.5, 0.6) is 11.5 Å². The third-order valence-corrected chi connectivity index (χ3v) is 4.27. The number of amides is 1. The summed E-state index contributed by atoms with van der Waals surface area (Å²) in [6.45, 7) is 3.76. The van der Waals surface area contributed by atoms with Crippen LogP contribution in [-0.4, -0.2) is 11.9 Å². The predicted octanol–water partition coefficient (Wildman–Crippen LogP) is 5.10. The van der Waals surface area contributed by atoms with Crippen molar-refractivity contribution in [3.05, 3.63) is 83.9 Å². The van der Waals surface area contributed by atoms with Gasteiger partial charge in [-0.05, 0) is 61.9 Å². The smallest absolute Gasteiger partial charge is 0.246 e. The van der Waals surface area contributed by atoms with Gasteiger partial charge in [-0.1, -0.05) is 30.3 Å². The minimum Gasteiger partial charge on any atom is -0.456 e. The molecule has 0 spiro atoms. The van der Waals surface area contributed by atoms with E-state index in [0.717, 1.165) is 16.9 Å². The molecule has 1 unspecified atom stereocenters. The van der Waals surface area contributed by atoms with Crippen LogP contribution >= 0.6 is 0 Å². The molecule has 140 valence electrons. The van der Waals surface area contributed by atoms with E-state index in [1.165, 1.54) is 0 Å². The molecular formula is C23H21N3O2. The maximum atomic E-state index is 12.4. The van der Waals surface area contributed by atoms with Gasteiger partial charge >= 0.3 is 0 Å². The average Bonchev–Trinajstić information content (AvgIpc) is 2.71. The lowest BCUT2D eigenvalue weighted by Crippen LogP contribution is -2.32. The molecule has 3 aromatic rings. The van der Waals surface area contributed by atoms with E-state index in [1.807, 2.05) is 49.4 Å². The molecule has 0 heterocycles. The molecule has 3 rings (SSSR count). The van der Waals surface area contributed by atoms with Gasteiger partial charge in [-0.2, -0.15) is 5.26 Å². The Kier molecular flexibility index (Phi) is 5.93. The van der Waals surface area contributed by atoms with Gasteiger partial charge in [0.25, 0.3) is 0 Å². The summed E-state index contributed by atoms with van der Waals surface area (Å²) in [5, 5.41) is 15.2. The minimum absolute atomic E-state index is 0.113. The largest absolute Gasteiger partial charge is 0.456 e. The van der Waals surface area contributed by atoms with E-state index >= 15 is 0 Å². The fraction of sp³-hybridized carbons (Fsp3) is 0.130. The summed E-state index contributed by atoms with van der Waals surface area (Å²) in [5.74, 6) is 1.01. The first kappa shape index (κ1) is 19.0. The Bertz CT molecular complexity index is 1010. The van der Waals surface area contributed by atoms with E-state index in [-0.39, 0.29) is 5.91 Å². The van der Waals surface area contributed by atoms with Crippen molar-refractivity contribution in [1.82, 2.24) is 0 Å². The van der Waals surface area contributed by atoms with E-state index < -0.39 is 6.04 Å². The Morgan fingerprint density at radius 1 is 1.00 bits per heavy atom. The third kappa shape index (κ3) is 4.68. The van der Waals surface area contributed by atoms with E-state index in [2.05, 4.69) is 16.7 Å². The lowest BCUT2D eigenvalue weighted by Gasteiger charge is -2.16. The number of hydrogen-bond donors (Lipinski definition) is 2. The van der Waals surface area contributed by atoms with Crippen molar-refractivity contribution < 1.29 is 9.53 Å². The summed E-state index contributed by atoms with van der Waals surface area (Å²) >= 11 is 0. The summed E-state index contributed by atoms with van der Waals surface area (Å²) in [7, 11) is 0. The molecule has 1 atom stereocenters. The predicted molar refractivity (Wildman–Crippen MR) is 111 cm³/mol. The van der Waals surface area contributed by atoms with E-state index in [0.29, 0.717) is 17.1 Å². The van der Waals surface area contributed by atoms with Gasteiger partial charge in [-0.3, -0.25) is 4.79 Å². The van der Waals surface area contributed by atoms with Crippen molar-refractivity contribution in [2.24, 2.45) is 0 Å². The van der Waals surface area contributed by atoms with Crippen LogP contribution < -0.4 is 15.4 Å². The van der Waals surface area contributed by atoms with Crippen molar-refractivity contribution in [3.8, 4) is 17.6 Å². The molecule has 5 nitrogen and oxygen atoms in total. The van der Waals surface area contributed by atoms with E-state index in [1.54, 1.807) is 37.3 Å². The number of hydrogen-bond acceptors (Lipinski definition) is 4. The van der Waals surface area contributed by atoms with Crippen LogP contribution in [0.1, 0.15) is 18.1 Å². The van der Waals surface area contributed by atoms with Crippen molar-refractivity contribution in [2.75, 3.05) is 10.6 Å². The monoisotopic (exact) mass is 371 g/mol. The second-order valence-corrected chi connectivity index (χ2v) is 6.40. The van der Waals surface area contributed by atoms with Crippen LogP contribution in [0.2, 0.25) is 0 Å². The summed E-state index contributed by atoms with van der Waals surface area (Å²) < 4.78 is 5.77. The Balaban J connectivity index is 1.61. The Hall–Kier alpha value is -3.78. The summed E-state index contributed by atoms with van der Waals surface area (Å²) in [4.78, 5) is 12.4. The number of carbonyl (C=O) groups excluding carboxylic acids is 1. The van der Waals surface area contributed by atoms with Crippen molar-refractivity contribution in [1.29, 1.82) is 5.26 Å². The number of rotatable bonds is 6. The Labute approximate surface area is 164 Å². The molecule has 1 amide bonds. The highest BCUT2D eigenvalue weighted by atomic mass is 16.5. The second kappa shape index (κ2) is 8.74. The molecule has 0 fully saturated rings. The van der Waals surface area contributed by atoms with Crippen LogP contribution in [0.3, 0.4) is 0 Å². The first-order valence-electron chi connectivity index (χ1n) is 8.97. The number of nitrogens with one attached hydrogen (secondary N) is 2. The fourth-order valence-corrected chi connectivity index (χ4v) is 2.66. The van der Waals surface area contributed by atoms with Gasteiger partial charge < -0.3 is 15.4 Å². The van der Waals surface area contributed by atoms with Crippen LogP contribution in [0.25, 0.3) is 0 Å². The number of benzene rings is 3. The van der Waals surface area contributed by atoms with Crippen LogP contribution in [-0.2, 0) is 4.79 Å². The number of carbonyl (C=O) groups is 1. The molecule has 0 aliphatic carbocycles. The van der Waals surface area contributed by atoms with Gasteiger partial charge in [0.05, 0.1) is 5.56 Å². The average molecular weight is 371 g/mol. The minimum atomic E-state index is -0.411. The molecule has 0 saturated heterocycles.